The first-order valence-electron chi connectivity index (χ1n) is 6.61. The first-order chi connectivity index (χ1) is 9.74. The molecule has 6 nitrogen and oxygen atoms in total. The zero-order valence-electron chi connectivity index (χ0n) is 12.1. The Balaban J connectivity index is 2.53. The van der Waals surface area contributed by atoms with Gasteiger partial charge in [0.15, 0.2) is 0 Å². The predicted molar refractivity (Wildman–Crippen MR) is 76.3 cm³/mol. The summed E-state index contributed by atoms with van der Waals surface area (Å²) in [6.45, 7) is 2.50. The molecular weight excluding hydrogens is 256 g/mol. The maximum Gasteiger partial charge on any atom is 0.148 e. The van der Waals surface area contributed by atoms with Crippen molar-refractivity contribution < 1.29 is 9.47 Å². The van der Waals surface area contributed by atoms with Crippen LogP contribution in [-0.2, 0) is 13.0 Å². The average Bonchev–Trinajstić information content (AvgIpc) is 2.89. The van der Waals surface area contributed by atoms with Crippen molar-refractivity contribution in [1.82, 2.24) is 15.0 Å². The lowest BCUT2D eigenvalue weighted by Crippen LogP contribution is -2.07. The molecule has 0 fully saturated rings. The van der Waals surface area contributed by atoms with Gasteiger partial charge in [-0.25, -0.2) is 4.68 Å². The van der Waals surface area contributed by atoms with Crippen LogP contribution in [0.5, 0.6) is 11.5 Å². The molecule has 0 unspecified atom stereocenters. The molecule has 0 aliphatic heterocycles. The molecular formula is C14H20N4O2. The van der Waals surface area contributed by atoms with Crippen LogP contribution in [0.1, 0.15) is 24.7 Å². The van der Waals surface area contributed by atoms with E-state index in [0.29, 0.717) is 12.3 Å². The van der Waals surface area contributed by atoms with E-state index in [9.17, 15) is 0 Å². The van der Waals surface area contributed by atoms with Crippen LogP contribution in [0, 0.1) is 0 Å². The third kappa shape index (κ3) is 2.60. The highest BCUT2D eigenvalue weighted by Crippen LogP contribution is 2.28. The Labute approximate surface area is 118 Å². The van der Waals surface area contributed by atoms with Crippen LogP contribution in [0.25, 0.3) is 5.69 Å². The Hall–Kier alpha value is -2.08. The Kier molecular flexibility index (Phi) is 4.57. The summed E-state index contributed by atoms with van der Waals surface area (Å²) in [5.74, 6) is 1.43. The van der Waals surface area contributed by atoms with Crippen LogP contribution in [0.3, 0.4) is 0 Å². The molecule has 0 spiro atoms. The van der Waals surface area contributed by atoms with E-state index in [1.165, 1.54) is 0 Å². The zero-order chi connectivity index (χ0) is 14.5. The lowest BCUT2D eigenvalue weighted by atomic mass is 10.2. The summed E-state index contributed by atoms with van der Waals surface area (Å²) >= 11 is 0. The van der Waals surface area contributed by atoms with Crippen molar-refractivity contribution in [3.8, 4) is 17.2 Å². The number of ether oxygens (including phenoxy) is 2. The molecule has 0 saturated carbocycles. The highest BCUT2D eigenvalue weighted by Gasteiger charge is 2.16. The fourth-order valence-electron chi connectivity index (χ4n) is 2.13. The van der Waals surface area contributed by atoms with E-state index in [1.54, 1.807) is 18.9 Å². The van der Waals surface area contributed by atoms with Gasteiger partial charge in [0.1, 0.15) is 17.2 Å². The van der Waals surface area contributed by atoms with E-state index in [4.69, 9.17) is 15.2 Å². The van der Waals surface area contributed by atoms with Crippen LogP contribution in [0.4, 0.5) is 0 Å². The lowest BCUT2D eigenvalue weighted by Gasteiger charge is -2.12. The van der Waals surface area contributed by atoms with Crippen molar-refractivity contribution in [2.45, 2.75) is 26.3 Å². The molecule has 0 bridgehead atoms. The number of hydrogen-bond donors (Lipinski definition) is 1. The molecule has 2 aromatic rings. The van der Waals surface area contributed by atoms with Crippen LogP contribution >= 0.6 is 0 Å². The number of nitrogens with two attached hydrogens (primary N) is 1. The molecule has 0 aliphatic rings. The molecule has 1 aromatic carbocycles. The smallest absolute Gasteiger partial charge is 0.148 e. The average molecular weight is 276 g/mol. The molecule has 0 atom stereocenters. The SMILES string of the molecule is CCCc1c(CN)nnn1-c1ccc(OC)cc1OC. The van der Waals surface area contributed by atoms with Gasteiger partial charge < -0.3 is 15.2 Å². The summed E-state index contributed by atoms with van der Waals surface area (Å²) in [7, 11) is 3.25. The van der Waals surface area contributed by atoms with Crippen molar-refractivity contribution in [3.63, 3.8) is 0 Å². The summed E-state index contributed by atoms with van der Waals surface area (Å²) in [5, 5.41) is 8.35. The maximum absolute atomic E-state index is 5.72. The summed E-state index contributed by atoms with van der Waals surface area (Å²) in [5.41, 5.74) is 8.41. The van der Waals surface area contributed by atoms with Crippen LogP contribution in [0.15, 0.2) is 18.2 Å². The Morgan fingerprint density at radius 3 is 2.65 bits per heavy atom. The Morgan fingerprint density at radius 1 is 1.25 bits per heavy atom. The molecule has 1 aromatic heterocycles. The molecule has 6 heteroatoms. The number of aromatic nitrogens is 3. The van der Waals surface area contributed by atoms with Crippen molar-refractivity contribution >= 4 is 0 Å². The zero-order valence-corrected chi connectivity index (χ0v) is 12.1. The standard InChI is InChI=1S/C14H20N4O2/c1-4-5-12-11(9-15)16-17-18(12)13-7-6-10(19-2)8-14(13)20-3/h6-8H,4-5,9,15H2,1-3H3. The first kappa shape index (κ1) is 14.3. The van der Waals surface area contributed by atoms with Crippen molar-refractivity contribution in [3.05, 3.63) is 29.6 Å². The monoisotopic (exact) mass is 276 g/mol. The van der Waals surface area contributed by atoms with Gasteiger partial charge in [0.25, 0.3) is 0 Å². The molecule has 0 radical (unpaired) electrons. The van der Waals surface area contributed by atoms with Gasteiger partial charge in [0.2, 0.25) is 0 Å². The number of nitrogens with zero attached hydrogens (tertiary/aromatic N) is 3. The normalized spacial score (nSPS) is 10.6. The quantitative estimate of drug-likeness (QED) is 0.869. The van der Waals surface area contributed by atoms with Gasteiger partial charge in [-0.15, -0.1) is 5.10 Å². The maximum atomic E-state index is 5.72. The van der Waals surface area contributed by atoms with Gasteiger partial charge in [0, 0.05) is 12.6 Å². The van der Waals surface area contributed by atoms with E-state index < -0.39 is 0 Å². The van der Waals surface area contributed by atoms with Crippen LogP contribution in [-0.4, -0.2) is 29.2 Å². The van der Waals surface area contributed by atoms with Gasteiger partial charge in [-0.1, -0.05) is 18.6 Å². The molecule has 1 heterocycles. The minimum Gasteiger partial charge on any atom is -0.497 e. The van der Waals surface area contributed by atoms with E-state index in [-0.39, 0.29) is 0 Å². The number of hydrogen-bond acceptors (Lipinski definition) is 5. The van der Waals surface area contributed by atoms with Gasteiger partial charge in [-0.3, -0.25) is 0 Å². The highest BCUT2D eigenvalue weighted by molar-refractivity contribution is 5.51. The summed E-state index contributed by atoms with van der Waals surface area (Å²) < 4.78 is 12.4. The first-order valence-corrected chi connectivity index (χ1v) is 6.61. The summed E-state index contributed by atoms with van der Waals surface area (Å²) in [6, 6.07) is 5.61. The third-order valence-electron chi connectivity index (χ3n) is 3.14. The lowest BCUT2D eigenvalue weighted by molar-refractivity contribution is 0.392. The second-order valence-corrected chi connectivity index (χ2v) is 4.39. The van der Waals surface area contributed by atoms with E-state index in [2.05, 4.69) is 17.2 Å². The van der Waals surface area contributed by atoms with Crippen molar-refractivity contribution in [2.24, 2.45) is 5.73 Å². The predicted octanol–water partition coefficient (Wildman–Crippen LogP) is 1.70. The fourth-order valence-corrected chi connectivity index (χ4v) is 2.13. The third-order valence-corrected chi connectivity index (χ3v) is 3.14. The molecule has 108 valence electrons. The van der Waals surface area contributed by atoms with E-state index >= 15 is 0 Å². The minimum atomic E-state index is 0.383. The van der Waals surface area contributed by atoms with Gasteiger partial charge in [0.05, 0.1) is 25.6 Å². The second-order valence-electron chi connectivity index (χ2n) is 4.39. The largest absolute Gasteiger partial charge is 0.497 e. The summed E-state index contributed by atoms with van der Waals surface area (Å²) in [4.78, 5) is 0. The molecule has 0 aliphatic carbocycles. The van der Waals surface area contributed by atoms with E-state index in [1.807, 2.05) is 18.2 Å². The molecule has 0 saturated heterocycles. The minimum absolute atomic E-state index is 0.383. The highest BCUT2D eigenvalue weighted by atomic mass is 16.5. The summed E-state index contributed by atoms with van der Waals surface area (Å²) in [6.07, 6.45) is 1.87. The number of benzene rings is 1. The van der Waals surface area contributed by atoms with Crippen molar-refractivity contribution in [2.75, 3.05) is 14.2 Å². The molecule has 2 rings (SSSR count). The number of methoxy groups -OCH3 is 2. The molecule has 0 amide bonds. The van der Waals surface area contributed by atoms with Gasteiger partial charge >= 0.3 is 0 Å². The Bertz CT molecular complexity index is 581. The second kappa shape index (κ2) is 6.38. The van der Waals surface area contributed by atoms with Crippen molar-refractivity contribution in [1.29, 1.82) is 0 Å². The number of rotatable bonds is 6. The Morgan fingerprint density at radius 2 is 2.05 bits per heavy atom. The van der Waals surface area contributed by atoms with Crippen LogP contribution in [0.2, 0.25) is 0 Å². The van der Waals surface area contributed by atoms with E-state index in [0.717, 1.165) is 35.7 Å². The molecule has 2 N–H and O–H groups in total. The van der Waals surface area contributed by atoms with Crippen LogP contribution < -0.4 is 15.2 Å². The topological polar surface area (TPSA) is 75.2 Å². The fraction of sp³-hybridized carbons (Fsp3) is 0.429. The van der Waals surface area contributed by atoms with Gasteiger partial charge in [-0.2, -0.15) is 0 Å². The van der Waals surface area contributed by atoms with Gasteiger partial charge in [-0.05, 0) is 18.6 Å². The molecule has 20 heavy (non-hydrogen) atoms.